The van der Waals surface area contributed by atoms with Gasteiger partial charge in [-0.2, -0.15) is 0 Å². The molecule has 0 radical (unpaired) electrons. The quantitative estimate of drug-likeness (QED) is 0.848. The smallest absolute Gasteiger partial charge is 0.118 e. The van der Waals surface area contributed by atoms with Gasteiger partial charge < -0.3 is 10.5 Å². The molecule has 2 heteroatoms. The molecule has 0 spiro atoms. The number of hydrogen-bond acceptors (Lipinski definition) is 2. The molecule has 1 aromatic rings. The van der Waals surface area contributed by atoms with Gasteiger partial charge in [-0.25, -0.2) is 0 Å². The number of nitrogens with two attached hydrogens (primary N) is 1. The molecule has 94 valence electrons. The van der Waals surface area contributed by atoms with Crippen LogP contribution in [0.1, 0.15) is 37.7 Å². The van der Waals surface area contributed by atoms with Crippen molar-refractivity contribution in [3.8, 4) is 5.75 Å². The standard InChI is InChI=1S/C15H23NO/c1-17-15-8-6-13(7-9-15)11-14(16)10-12-4-2-3-5-12/h6-9,12,14H,2-5,10-11,16H2,1H3. The van der Waals surface area contributed by atoms with Crippen molar-refractivity contribution >= 4 is 0 Å². The van der Waals surface area contributed by atoms with Gasteiger partial charge in [0.05, 0.1) is 7.11 Å². The van der Waals surface area contributed by atoms with Crippen molar-refractivity contribution < 1.29 is 4.74 Å². The SMILES string of the molecule is COc1ccc(CC(N)CC2CCCC2)cc1. The van der Waals surface area contributed by atoms with E-state index in [2.05, 4.69) is 12.1 Å². The Labute approximate surface area is 104 Å². The summed E-state index contributed by atoms with van der Waals surface area (Å²) in [6.07, 6.45) is 7.75. The molecular weight excluding hydrogens is 210 g/mol. The van der Waals surface area contributed by atoms with E-state index in [1.165, 1.54) is 37.7 Å². The number of benzene rings is 1. The zero-order valence-electron chi connectivity index (χ0n) is 10.7. The van der Waals surface area contributed by atoms with Crippen LogP contribution in [-0.4, -0.2) is 13.2 Å². The van der Waals surface area contributed by atoms with Gasteiger partial charge >= 0.3 is 0 Å². The van der Waals surface area contributed by atoms with E-state index >= 15 is 0 Å². The van der Waals surface area contributed by atoms with E-state index < -0.39 is 0 Å². The Bertz CT molecular complexity index is 327. The molecule has 0 heterocycles. The largest absolute Gasteiger partial charge is 0.497 e. The van der Waals surface area contributed by atoms with Crippen LogP contribution in [0.4, 0.5) is 0 Å². The van der Waals surface area contributed by atoms with Gasteiger partial charge in [0.1, 0.15) is 5.75 Å². The Morgan fingerprint density at radius 1 is 1.24 bits per heavy atom. The fourth-order valence-electron chi connectivity index (χ4n) is 2.82. The lowest BCUT2D eigenvalue weighted by atomic mass is 9.94. The maximum absolute atomic E-state index is 6.22. The second kappa shape index (κ2) is 6.06. The van der Waals surface area contributed by atoms with Gasteiger partial charge in [0.15, 0.2) is 0 Å². The van der Waals surface area contributed by atoms with E-state index in [1.807, 2.05) is 12.1 Å². The number of hydrogen-bond donors (Lipinski definition) is 1. The predicted molar refractivity (Wildman–Crippen MR) is 71.2 cm³/mol. The summed E-state index contributed by atoms with van der Waals surface area (Å²) < 4.78 is 5.15. The molecule has 2 N–H and O–H groups in total. The minimum atomic E-state index is 0.312. The van der Waals surface area contributed by atoms with Crippen LogP contribution in [-0.2, 0) is 6.42 Å². The van der Waals surface area contributed by atoms with Crippen molar-refractivity contribution in [2.24, 2.45) is 11.7 Å². The first kappa shape index (κ1) is 12.4. The highest BCUT2D eigenvalue weighted by molar-refractivity contribution is 5.27. The van der Waals surface area contributed by atoms with Crippen LogP contribution < -0.4 is 10.5 Å². The fraction of sp³-hybridized carbons (Fsp3) is 0.600. The van der Waals surface area contributed by atoms with E-state index in [-0.39, 0.29) is 0 Å². The first-order valence-electron chi connectivity index (χ1n) is 6.66. The Kier molecular flexibility index (Phi) is 4.43. The molecule has 2 rings (SSSR count). The molecule has 0 aliphatic heterocycles. The number of methoxy groups -OCH3 is 1. The molecule has 17 heavy (non-hydrogen) atoms. The normalized spacial score (nSPS) is 18.2. The zero-order valence-corrected chi connectivity index (χ0v) is 10.7. The van der Waals surface area contributed by atoms with Crippen molar-refractivity contribution in [2.75, 3.05) is 7.11 Å². The molecule has 1 atom stereocenters. The fourth-order valence-corrected chi connectivity index (χ4v) is 2.82. The van der Waals surface area contributed by atoms with Crippen molar-refractivity contribution in [3.05, 3.63) is 29.8 Å². The lowest BCUT2D eigenvalue weighted by Gasteiger charge is -2.16. The van der Waals surface area contributed by atoms with Gasteiger partial charge in [0.2, 0.25) is 0 Å². The first-order chi connectivity index (χ1) is 8.28. The zero-order chi connectivity index (χ0) is 12.1. The van der Waals surface area contributed by atoms with Crippen LogP contribution in [0, 0.1) is 5.92 Å². The molecule has 0 saturated heterocycles. The number of ether oxygens (including phenoxy) is 1. The molecule has 1 fully saturated rings. The molecule has 0 aromatic heterocycles. The van der Waals surface area contributed by atoms with Gasteiger partial charge in [-0.05, 0) is 36.5 Å². The van der Waals surface area contributed by atoms with Crippen molar-refractivity contribution in [3.63, 3.8) is 0 Å². The first-order valence-corrected chi connectivity index (χ1v) is 6.66. The van der Waals surface area contributed by atoms with Crippen LogP contribution in [0.15, 0.2) is 24.3 Å². The van der Waals surface area contributed by atoms with Gasteiger partial charge in [0.25, 0.3) is 0 Å². The minimum Gasteiger partial charge on any atom is -0.497 e. The molecule has 0 bridgehead atoms. The predicted octanol–water partition coefficient (Wildman–Crippen LogP) is 3.15. The average Bonchev–Trinajstić information content (AvgIpc) is 2.82. The second-order valence-electron chi connectivity index (χ2n) is 5.20. The molecule has 1 saturated carbocycles. The van der Waals surface area contributed by atoms with E-state index in [0.29, 0.717) is 6.04 Å². The monoisotopic (exact) mass is 233 g/mol. The lowest BCUT2D eigenvalue weighted by molar-refractivity contribution is 0.414. The van der Waals surface area contributed by atoms with Crippen molar-refractivity contribution in [1.82, 2.24) is 0 Å². The summed E-state index contributed by atoms with van der Waals surface area (Å²) in [6, 6.07) is 8.57. The Hall–Kier alpha value is -1.02. The van der Waals surface area contributed by atoms with E-state index in [0.717, 1.165) is 18.1 Å². The number of rotatable bonds is 5. The highest BCUT2D eigenvalue weighted by atomic mass is 16.5. The van der Waals surface area contributed by atoms with Crippen molar-refractivity contribution in [1.29, 1.82) is 0 Å². The molecule has 1 aliphatic carbocycles. The summed E-state index contributed by atoms with van der Waals surface area (Å²) in [5.41, 5.74) is 7.54. The summed E-state index contributed by atoms with van der Waals surface area (Å²) in [7, 11) is 1.70. The maximum atomic E-state index is 6.22. The van der Waals surface area contributed by atoms with Crippen LogP contribution in [0.3, 0.4) is 0 Å². The molecule has 1 unspecified atom stereocenters. The summed E-state index contributed by atoms with van der Waals surface area (Å²) in [5, 5.41) is 0. The van der Waals surface area contributed by atoms with Gasteiger partial charge in [-0.15, -0.1) is 0 Å². The Morgan fingerprint density at radius 2 is 1.88 bits per heavy atom. The molecule has 0 amide bonds. The molecular formula is C15H23NO. The highest BCUT2D eigenvalue weighted by Crippen LogP contribution is 2.28. The van der Waals surface area contributed by atoms with E-state index in [1.54, 1.807) is 7.11 Å². The van der Waals surface area contributed by atoms with E-state index in [9.17, 15) is 0 Å². The van der Waals surface area contributed by atoms with Crippen LogP contribution in [0.25, 0.3) is 0 Å². The molecule has 2 nitrogen and oxygen atoms in total. The van der Waals surface area contributed by atoms with Gasteiger partial charge in [-0.3, -0.25) is 0 Å². The van der Waals surface area contributed by atoms with Crippen LogP contribution in [0.5, 0.6) is 5.75 Å². The Morgan fingerprint density at radius 3 is 2.47 bits per heavy atom. The molecule has 1 aliphatic rings. The van der Waals surface area contributed by atoms with E-state index in [4.69, 9.17) is 10.5 Å². The Balaban J connectivity index is 1.81. The van der Waals surface area contributed by atoms with Crippen molar-refractivity contribution in [2.45, 2.75) is 44.6 Å². The lowest BCUT2D eigenvalue weighted by Crippen LogP contribution is -2.25. The van der Waals surface area contributed by atoms with Gasteiger partial charge in [0, 0.05) is 6.04 Å². The minimum absolute atomic E-state index is 0.312. The third kappa shape index (κ3) is 3.74. The molecule has 1 aromatic carbocycles. The summed E-state index contributed by atoms with van der Waals surface area (Å²) in [5.74, 6) is 1.79. The summed E-state index contributed by atoms with van der Waals surface area (Å²) in [6.45, 7) is 0. The maximum Gasteiger partial charge on any atom is 0.118 e. The third-order valence-electron chi connectivity index (χ3n) is 3.77. The third-order valence-corrected chi connectivity index (χ3v) is 3.77. The average molecular weight is 233 g/mol. The highest BCUT2D eigenvalue weighted by Gasteiger charge is 2.18. The van der Waals surface area contributed by atoms with Crippen LogP contribution >= 0.6 is 0 Å². The summed E-state index contributed by atoms with van der Waals surface area (Å²) >= 11 is 0. The van der Waals surface area contributed by atoms with Gasteiger partial charge in [-0.1, -0.05) is 37.8 Å². The second-order valence-corrected chi connectivity index (χ2v) is 5.20. The summed E-state index contributed by atoms with van der Waals surface area (Å²) in [4.78, 5) is 0. The van der Waals surface area contributed by atoms with Crippen LogP contribution in [0.2, 0.25) is 0 Å². The topological polar surface area (TPSA) is 35.2 Å².